The molecule has 1 fully saturated rings. The maximum atomic E-state index is 16.1. The molecule has 11 nitrogen and oxygen atoms in total. The normalized spacial score (nSPS) is 16.6. The van der Waals surface area contributed by atoms with E-state index < -0.39 is 44.3 Å². The fraction of sp³-hybridized carbons (Fsp3) is 0.323. The summed E-state index contributed by atoms with van der Waals surface area (Å²) in [5, 5.41) is 9.54. The van der Waals surface area contributed by atoms with E-state index in [1.165, 1.54) is 19.1 Å². The Kier molecular flexibility index (Phi) is 9.91. The molecule has 0 aliphatic carbocycles. The minimum absolute atomic E-state index is 0.0825. The number of hydrogen-bond donors (Lipinski definition) is 1. The number of carbonyl (C=O) groups is 1. The molecule has 244 valence electrons. The molecular formula is C31H32F2N4O7S2. The van der Waals surface area contributed by atoms with Crippen LogP contribution in [0.1, 0.15) is 29.0 Å². The number of amides is 1. The van der Waals surface area contributed by atoms with Gasteiger partial charge in [-0.15, -0.1) is 0 Å². The molecule has 1 aromatic heterocycles. The second-order valence-corrected chi connectivity index (χ2v) is 13.3. The van der Waals surface area contributed by atoms with Crippen LogP contribution in [0.15, 0.2) is 65.8 Å². The summed E-state index contributed by atoms with van der Waals surface area (Å²) in [6, 6.07) is 13.9. The van der Waals surface area contributed by atoms with E-state index in [0.29, 0.717) is 36.1 Å². The molecule has 46 heavy (non-hydrogen) atoms. The fourth-order valence-corrected chi connectivity index (χ4v) is 7.67. The van der Waals surface area contributed by atoms with Gasteiger partial charge >= 0.3 is 6.09 Å². The standard InChI is InChI=1S/C31H32F2N4O7S2/c1-19-4-6-20(7-5-19)25-10-11-36(31(38)39)15-22(25)17-44-27-12-23(32)13-28(29(27)33)46(40,41)37(30-34-18-35-45-30)16-21-8-9-24(42-2)14-26(21)43-3/h4-9,12-14,18,22,25H,10-11,15-17H2,1-3H3,(H,38,39)/t22?,25-/m1/s1. The molecular weight excluding hydrogens is 642 g/mol. The maximum Gasteiger partial charge on any atom is 0.407 e. The summed E-state index contributed by atoms with van der Waals surface area (Å²) in [4.78, 5) is 16.1. The number of piperidine rings is 1. The molecule has 0 radical (unpaired) electrons. The monoisotopic (exact) mass is 674 g/mol. The predicted molar refractivity (Wildman–Crippen MR) is 166 cm³/mol. The number of hydrogen-bond acceptors (Lipinski definition) is 9. The van der Waals surface area contributed by atoms with Gasteiger partial charge in [-0.25, -0.2) is 31.3 Å². The van der Waals surface area contributed by atoms with Crippen LogP contribution in [0.4, 0.5) is 18.7 Å². The molecule has 1 N–H and O–H groups in total. The van der Waals surface area contributed by atoms with Crippen LogP contribution in [0.25, 0.3) is 0 Å². The molecule has 0 spiro atoms. The third kappa shape index (κ3) is 6.99. The zero-order valence-electron chi connectivity index (χ0n) is 25.2. The number of halogens is 2. The lowest BCUT2D eigenvalue weighted by Gasteiger charge is -2.37. The third-order valence-corrected chi connectivity index (χ3v) is 10.4. The SMILES string of the molecule is COc1ccc(CN(c2ncns2)S(=O)(=O)c2cc(F)cc(OCC3CN(C(=O)O)CC[C@@H]3c3ccc(C)cc3)c2F)c(OC)c1. The van der Waals surface area contributed by atoms with E-state index in [1.807, 2.05) is 31.2 Å². The van der Waals surface area contributed by atoms with Crippen molar-refractivity contribution in [1.29, 1.82) is 0 Å². The summed E-state index contributed by atoms with van der Waals surface area (Å²) in [6.07, 6.45) is 0.558. The first-order valence-electron chi connectivity index (χ1n) is 14.2. The molecule has 1 aliphatic rings. The number of anilines is 1. The number of likely N-dealkylation sites (tertiary alicyclic amines) is 1. The van der Waals surface area contributed by atoms with Gasteiger partial charge in [-0.2, -0.15) is 4.37 Å². The average Bonchev–Trinajstić information content (AvgIpc) is 3.58. The Labute approximate surface area is 269 Å². The quantitative estimate of drug-likeness (QED) is 0.213. The Bertz CT molecular complexity index is 1790. The Hall–Kier alpha value is -4.50. The van der Waals surface area contributed by atoms with Crippen molar-refractivity contribution in [1.82, 2.24) is 14.3 Å². The first-order chi connectivity index (χ1) is 22.0. The minimum Gasteiger partial charge on any atom is -0.497 e. The van der Waals surface area contributed by atoms with E-state index in [9.17, 15) is 18.3 Å². The van der Waals surface area contributed by atoms with Crippen LogP contribution in [0, 0.1) is 24.5 Å². The van der Waals surface area contributed by atoms with Gasteiger partial charge in [-0.3, -0.25) is 0 Å². The molecule has 4 aromatic rings. The molecule has 1 aliphatic heterocycles. The fourth-order valence-electron chi connectivity index (χ4n) is 5.45. The van der Waals surface area contributed by atoms with E-state index in [-0.39, 0.29) is 30.7 Å². The number of benzene rings is 3. The zero-order chi connectivity index (χ0) is 33.0. The summed E-state index contributed by atoms with van der Waals surface area (Å²) in [5.41, 5.74) is 2.43. The molecule has 1 amide bonds. The number of ether oxygens (including phenoxy) is 3. The smallest absolute Gasteiger partial charge is 0.407 e. The van der Waals surface area contributed by atoms with Gasteiger partial charge < -0.3 is 24.2 Å². The first kappa shape index (κ1) is 32.9. The highest BCUT2D eigenvalue weighted by molar-refractivity contribution is 7.93. The molecule has 5 rings (SSSR count). The highest BCUT2D eigenvalue weighted by Crippen LogP contribution is 2.37. The summed E-state index contributed by atoms with van der Waals surface area (Å²) in [7, 11) is -1.91. The second-order valence-electron chi connectivity index (χ2n) is 10.7. The number of aryl methyl sites for hydroxylation is 1. The summed E-state index contributed by atoms with van der Waals surface area (Å²) in [5.74, 6) is -2.72. The minimum atomic E-state index is -4.79. The van der Waals surface area contributed by atoms with Crippen molar-refractivity contribution >= 4 is 32.8 Å². The number of rotatable bonds is 11. The molecule has 2 atom stereocenters. The van der Waals surface area contributed by atoms with Gasteiger partial charge in [-0.05, 0) is 43.0 Å². The summed E-state index contributed by atoms with van der Waals surface area (Å²) >= 11 is 0.758. The highest BCUT2D eigenvalue weighted by atomic mass is 32.2. The first-order valence-corrected chi connectivity index (χ1v) is 16.4. The Morgan fingerprint density at radius 1 is 1.09 bits per heavy atom. The molecule has 0 bridgehead atoms. The van der Waals surface area contributed by atoms with Crippen LogP contribution in [0.2, 0.25) is 0 Å². The number of aromatic nitrogens is 2. The van der Waals surface area contributed by atoms with Crippen LogP contribution in [-0.2, 0) is 16.6 Å². The average molecular weight is 675 g/mol. The van der Waals surface area contributed by atoms with Crippen LogP contribution in [0.5, 0.6) is 17.2 Å². The van der Waals surface area contributed by atoms with Gasteiger partial charge in [-0.1, -0.05) is 29.8 Å². The lowest BCUT2D eigenvalue weighted by molar-refractivity contribution is 0.0926. The van der Waals surface area contributed by atoms with Gasteiger partial charge in [0.25, 0.3) is 10.0 Å². The van der Waals surface area contributed by atoms with Crippen LogP contribution in [-0.4, -0.2) is 67.8 Å². The van der Waals surface area contributed by atoms with Gasteiger partial charge in [0.2, 0.25) is 5.13 Å². The Morgan fingerprint density at radius 3 is 2.50 bits per heavy atom. The van der Waals surface area contributed by atoms with Crippen molar-refractivity contribution in [2.24, 2.45) is 5.92 Å². The predicted octanol–water partition coefficient (Wildman–Crippen LogP) is 5.70. The topological polar surface area (TPSA) is 131 Å². The molecule has 1 unspecified atom stereocenters. The number of sulfonamides is 1. The van der Waals surface area contributed by atoms with Gasteiger partial charge in [0.15, 0.2) is 11.6 Å². The van der Waals surface area contributed by atoms with E-state index >= 15 is 8.78 Å². The number of nitrogens with zero attached hydrogens (tertiary/aromatic N) is 4. The lowest BCUT2D eigenvalue weighted by Crippen LogP contribution is -2.44. The lowest BCUT2D eigenvalue weighted by atomic mass is 9.80. The van der Waals surface area contributed by atoms with E-state index in [1.54, 1.807) is 18.2 Å². The largest absolute Gasteiger partial charge is 0.497 e. The van der Waals surface area contributed by atoms with Crippen LogP contribution in [0.3, 0.4) is 0 Å². The van der Waals surface area contributed by atoms with Crippen molar-refractivity contribution in [2.45, 2.75) is 30.7 Å². The number of carboxylic acid groups (broad SMARTS) is 1. The molecule has 0 saturated carbocycles. The number of methoxy groups -OCH3 is 2. The third-order valence-electron chi connectivity index (χ3n) is 7.87. The van der Waals surface area contributed by atoms with Crippen molar-refractivity contribution in [3.05, 3.63) is 89.2 Å². The summed E-state index contributed by atoms with van der Waals surface area (Å²) < 4.78 is 80.3. The van der Waals surface area contributed by atoms with Crippen molar-refractivity contribution < 1.29 is 41.3 Å². The molecule has 2 heterocycles. The molecule has 15 heteroatoms. The van der Waals surface area contributed by atoms with Gasteiger partial charge in [0.05, 0.1) is 27.4 Å². The maximum absolute atomic E-state index is 16.1. The van der Waals surface area contributed by atoms with E-state index in [2.05, 4.69) is 9.36 Å². The van der Waals surface area contributed by atoms with Crippen molar-refractivity contribution in [3.63, 3.8) is 0 Å². The highest BCUT2D eigenvalue weighted by Gasteiger charge is 2.35. The van der Waals surface area contributed by atoms with E-state index in [0.717, 1.165) is 39.4 Å². The van der Waals surface area contributed by atoms with Gasteiger partial charge in [0, 0.05) is 48.2 Å². The molecule has 1 saturated heterocycles. The van der Waals surface area contributed by atoms with Crippen molar-refractivity contribution in [3.8, 4) is 17.2 Å². The van der Waals surface area contributed by atoms with Crippen LogP contribution >= 0.6 is 11.5 Å². The van der Waals surface area contributed by atoms with Crippen LogP contribution < -0.4 is 18.5 Å². The Balaban J connectivity index is 1.47. The van der Waals surface area contributed by atoms with Crippen molar-refractivity contribution in [2.75, 3.05) is 38.2 Å². The zero-order valence-corrected chi connectivity index (χ0v) is 26.9. The Morgan fingerprint density at radius 2 is 1.85 bits per heavy atom. The van der Waals surface area contributed by atoms with Gasteiger partial charge in [0.1, 0.15) is 28.5 Å². The molecule has 3 aromatic carbocycles. The van der Waals surface area contributed by atoms with E-state index in [4.69, 9.17) is 14.2 Å². The summed E-state index contributed by atoms with van der Waals surface area (Å²) in [6.45, 7) is 1.83. The second kappa shape index (κ2) is 13.9.